The van der Waals surface area contributed by atoms with Crippen LogP contribution < -0.4 is 5.73 Å². The highest BCUT2D eigenvalue weighted by molar-refractivity contribution is 5.71. The van der Waals surface area contributed by atoms with Crippen molar-refractivity contribution in [2.24, 2.45) is 5.73 Å². The summed E-state index contributed by atoms with van der Waals surface area (Å²) in [7, 11) is 0. The number of rotatable bonds is 3. The number of aryl methyl sites for hydroxylation is 1. The van der Waals surface area contributed by atoms with Gasteiger partial charge in [-0.25, -0.2) is 9.97 Å². The lowest BCUT2D eigenvalue weighted by Crippen LogP contribution is -2.24. The molecule has 15 heavy (non-hydrogen) atoms. The zero-order chi connectivity index (χ0) is 10.8. The maximum absolute atomic E-state index is 5.91. The van der Waals surface area contributed by atoms with Gasteiger partial charge in [-0.2, -0.15) is 0 Å². The second-order valence-corrected chi connectivity index (χ2v) is 3.92. The largest absolute Gasteiger partial charge is 0.326 e. The van der Waals surface area contributed by atoms with Gasteiger partial charge in [-0.1, -0.05) is 6.92 Å². The van der Waals surface area contributed by atoms with Crippen molar-refractivity contribution in [2.75, 3.05) is 0 Å². The van der Waals surface area contributed by atoms with Gasteiger partial charge in [0.2, 0.25) is 0 Å². The highest BCUT2D eigenvalue weighted by atomic mass is 15.1. The Morgan fingerprint density at radius 2 is 2.27 bits per heavy atom. The molecule has 0 bridgehead atoms. The van der Waals surface area contributed by atoms with Crippen molar-refractivity contribution < 1.29 is 0 Å². The van der Waals surface area contributed by atoms with Gasteiger partial charge in [-0.15, -0.1) is 0 Å². The number of hydrogen-bond donors (Lipinski definition) is 1. The first-order valence-electron chi connectivity index (χ1n) is 5.23. The monoisotopic (exact) mass is 204 g/mol. The van der Waals surface area contributed by atoms with Crippen LogP contribution in [0.3, 0.4) is 0 Å². The first kappa shape index (κ1) is 10.1. The standard InChI is InChI=1S/C11H16N4/c1-3-9(12)6-15-7-14-10-4-8(2)5-13-11(10)15/h4-5,7,9H,3,6,12H2,1-2H3. The van der Waals surface area contributed by atoms with Crippen LogP contribution in [-0.2, 0) is 6.54 Å². The molecule has 0 aliphatic rings. The molecule has 2 N–H and O–H groups in total. The number of pyridine rings is 1. The van der Waals surface area contributed by atoms with Crippen molar-refractivity contribution in [1.29, 1.82) is 0 Å². The molecule has 2 heterocycles. The lowest BCUT2D eigenvalue weighted by atomic mass is 10.2. The molecule has 0 saturated carbocycles. The molecule has 0 aliphatic carbocycles. The maximum Gasteiger partial charge on any atom is 0.159 e. The average Bonchev–Trinajstić information content (AvgIpc) is 2.60. The molecule has 0 amide bonds. The number of hydrogen-bond acceptors (Lipinski definition) is 3. The van der Waals surface area contributed by atoms with Gasteiger partial charge in [-0.3, -0.25) is 0 Å². The lowest BCUT2D eigenvalue weighted by Gasteiger charge is -2.09. The van der Waals surface area contributed by atoms with Crippen molar-refractivity contribution in [3.63, 3.8) is 0 Å². The Morgan fingerprint density at radius 3 is 3.00 bits per heavy atom. The summed E-state index contributed by atoms with van der Waals surface area (Å²) in [5, 5.41) is 0. The number of aromatic nitrogens is 3. The van der Waals surface area contributed by atoms with E-state index in [9.17, 15) is 0 Å². The second-order valence-electron chi connectivity index (χ2n) is 3.92. The predicted molar refractivity (Wildman–Crippen MR) is 60.5 cm³/mol. The van der Waals surface area contributed by atoms with Gasteiger partial charge in [0.25, 0.3) is 0 Å². The van der Waals surface area contributed by atoms with E-state index in [1.165, 1.54) is 0 Å². The van der Waals surface area contributed by atoms with Crippen LogP contribution in [0.5, 0.6) is 0 Å². The molecule has 80 valence electrons. The Labute approximate surface area is 89.1 Å². The third kappa shape index (κ3) is 1.99. The van der Waals surface area contributed by atoms with E-state index in [-0.39, 0.29) is 6.04 Å². The SMILES string of the molecule is CCC(N)Cn1cnc2cc(C)cnc21. The van der Waals surface area contributed by atoms with E-state index in [1.54, 1.807) is 0 Å². The molecule has 0 spiro atoms. The number of fused-ring (bicyclic) bond motifs is 1. The third-order valence-corrected chi connectivity index (χ3v) is 2.55. The molecule has 1 unspecified atom stereocenters. The summed E-state index contributed by atoms with van der Waals surface area (Å²) in [6, 6.07) is 2.21. The van der Waals surface area contributed by atoms with E-state index in [0.717, 1.165) is 29.7 Å². The van der Waals surface area contributed by atoms with Crippen molar-refractivity contribution in [1.82, 2.24) is 14.5 Å². The quantitative estimate of drug-likeness (QED) is 0.823. The Kier molecular flexibility index (Phi) is 2.68. The number of imidazole rings is 1. The van der Waals surface area contributed by atoms with E-state index in [0.29, 0.717) is 0 Å². The van der Waals surface area contributed by atoms with E-state index < -0.39 is 0 Å². The van der Waals surface area contributed by atoms with Gasteiger partial charge >= 0.3 is 0 Å². The number of nitrogens with zero attached hydrogens (tertiary/aromatic N) is 3. The van der Waals surface area contributed by atoms with E-state index >= 15 is 0 Å². The fourth-order valence-electron chi connectivity index (χ4n) is 1.56. The normalized spacial score (nSPS) is 13.3. The molecule has 2 rings (SSSR count). The Morgan fingerprint density at radius 1 is 1.47 bits per heavy atom. The van der Waals surface area contributed by atoms with Crippen LogP contribution in [0.25, 0.3) is 11.2 Å². The van der Waals surface area contributed by atoms with Crippen molar-refractivity contribution in [3.05, 3.63) is 24.2 Å². The molecular weight excluding hydrogens is 188 g/mol. The smallest absolute Gasteiger partial charge is 0.159 e. The van der Waals surface area contributed by atoms with Gasteiger partial charge in [0.15, 0.2) is 5.65 Å². The fourth-order valence-corrected chi connectivity index (χ4v) is 1.56. The summed E-state index contributed by atoms with van der Waals surface area (Å²) in [6.07, 6.45) is 4.64. The van der Waals surface area contributed by atoms with Crippen LogP contribution in [0.4, 0.5) is 0 Å². The first-order chi connectivity index (χ1) is 7.20. The maximum atomic E-state index is 5.91. The lowest BCUT2D eigenvalue weighted by molar-refractivity contribution is 0.546. The topological polar surface area (TPSA) is 56.7 Å². The van der Waals surface area contributed by atoms with Crippen molar-refractivity contribution >= 4 is 11.2 Å². The molecule has 4 heteroatoms. The average molecular weight is 204 g/mol. The first-order valence-corrected chi connectivity index (χ1v) is 5.23. The molecular formula is C11H16N4. The molecule has 1 atom stereocenters. The minimum absolute atomic E-state index is 0.172. The third-order valence-electron chi connectivity index (χ3n) is 2.55. The van der Waals surface area contributed by atoms with Crippen molar-refractivity contribution in [2.45, 2.75) is 32.9 Å². The summed E-state index contributed by atoms with van der Waals surface area (Å²) in [5.41, 5.74) is 8.90. The highest BCUT2D eigenvalue weighted by Crippen LogP contribution is 2.11. The van der Waals surface area contributed by atoms with E-state index in [1.807, 2.05) is 30.1 Å². The van der Waals surface area contributed by atoms with Gasteiger partial charge in [-0.05, 0) is 25.0 Å². The van der Waals surface area contributed by atoms with Crippen LogP contribution in [-0.4, -0.2) is 20.6 Å². The van der Waals surface area contributed by atoms with Crippen LogP contribution in [0.1, 0.15) is 18.9 Å². The highest BCUT2D eigenvalue weighted by Gasteiger charge is 2.06. The van der Waals surface area contributed by atoms with Gasteiger partial charge in [0.05, 0.1) is 6.33 Å². The van der Waals surface area contributed by atoms with Crippen LogP contribution in [0, 0.1) is 6.92 Å². The van der Waals surface area contributed by atoms with Gasteiger partial charge in [0, 0.05) is 18.8 Å². The fraction of sp³-hybridized carbons (Fsp3) is 0.455. The molecule has 0 radical (unpaired) electrons. The summed E-state index contributed by atoms with van der Waals surface area (Å²) >= 11 is 0. The predicted octanol–water partition coefficient (Wildman–Crippen LogP) is 1.48. The second kappa shape index (κ2) is 3.98. The van der Waals surface area contributed by atoms with Crippen LogP contribution in [0.2, 0.25) is 0 Å². The molecule has 0 saturated heterocycles. The van der Waals surface area contributed by atoms with Crippen molar-refractivity contribution in [3.8, 4) is 0 Å². The van der Waals surface area contributed by atoms with Gasteiger partial charge < -0.3 is 10.3 Å². The Balaban J connectivity index is 2.36. The Bertz CT molecular complexity index is 461. The number of nitrogens with two attached hydrogens (primary N) is 1. The van der Waals surface area contributed by atoms with E-state index in [2.05, 4.69) is 16.9 Å². The molecule has 2 aromatic rings. The molecule has 0 fully saturated rings. The summed E-state index contributed by atoms with van der Waals surface area (Å²) < 4.78 is 2.02. The minimum atomic E-state index is 0.172. The molecule has 0 aromatic carbocycles. The molecule has 0 aliphatic heterocycles. The zero-order valence-corrected chi connectivity index (χ0v) is 9.14. The van der Waals surface area contributed by atoms with Gasteiger partial charge in [0.1, 0.15) is 5.52 Å². The molecule has 4 nitrogen and oxygen atoms in total. The summed E-state index contributed by atoms with van der Waals surface area (Å²) in [4.78, 5) is 8.68. The molecule has 2 aromatic heterocycles. The Hall–Kier alpha value is -1.42. The van der Waals surface area contributed by atoms with Crippen LogP contribution in [0.15, 0.2) is 18.6 Å². The van der Waals surface area contributed by atoms with Crippen LogP contribution >= 0.6 is 0 Å². The van der Waals surface area contributed by atoms with E-state index in [4.69, 9.17) is 5.73 Å². The minimum Gasteiger partial charge on any atom is -0.326 e. The summed E-state index contributed by atoms with van der Waals surface area (Å²) in [5.74, 6) is 0. The zero-order valence-electron chi connectivity index (χ0n) is 9.14. The summed E-state index contributed by atoms with van der Waals surface area (Å²) in [6.45, 7) is 4.88.